The second-order valence-electron chi connectivity index (χ2n) is 7.07. The summed E-state index contributed by atoms with van der Waals surface area (Å²) in [7, 11) is 0. The predicted molar refractivity (Wildman–Crippen MR) is 108 cm³/mol. The molecule has 4 rings (SSSR count). The van der Waals surface area contributed by atoms with Crippen LogP contribution in [0.25, 0.3) is 5.69 Å². The van der Waals surface area contributed by atoms with Crippen LogP contribution in [-0.2, 0) is 10.4 Å². The monoisotopic (exact) mass is 374 g/mol. The Morgan fingerprint density at radius 3 is 2.54 bits per heavy atom. The topological polar surface area (TPSA) is 62.5 Å². The predicted octanol–water partition coefficient (Wildman–Crippen LogP) is 3.69. The van der Waals surface area contributed by atoms with Gasteiger partial charge in [0.2, 0.25) is 0 Å². The van der Waals surface area contributed by atoms with E-state index >= 15 is 0 Å². The molecular formula is C23H22N2O3. The van der Waals surface area contributed by atoms with Crippen molar-refractivity contribution < 1.29 is 14.7 Å². The first-order valence-electron chi connectivity index (χ1n) is 9.45. The van der Waals surface area contributed by atoms with Crippen LogP contribution in [-0.4, -0.2) is 27.9 Å². The van der Waals surface area contributed by atoms with E-state index in [0.29, 0.717) is 23.4 Å². The highest BCUT2D eigenvalue weighted by Crippen LogP contribution is 2.42. The third kappa shape index (κ3) is 2.94. The van der Waals surface area contributed by atoms with Crippen molar-refractivity contribution in [3.63, 3.8) is 0 Å². The summed E-state index contributed by atoms with van der Waals surface area (Å²) in [6.45, 7) is 2.49. The third-order valence-electron chi connectivity index (χ3n) is 5.17. The normalized spacial score (nSPS) is 18.4. The van der Waals surface area contributed by atoms with Crippen LogP contribution in [0.1, 0.15) is 35.7 Å². The molecule has 0 saturated carbocycles. The zero-order valence-corrected chi connectivity index (χ0v) is 15.7. The fraction of sp³-hybridized carbons (Fsp3) is 0.217. The Labute approximate surface area is 163 Å². The number of nitrogens with zero attached hydrogens (tertiary/aromatic N) is 2. The van der Waals surface area contributed by atoms with E-state index in [1.54, 1.807) is 35.2 Å². The molecule has 2 heterocycles. The molecule has 0 aliphatic carbocycles. The van der Waals surface area contributed by atoms with Gasteiger partial charge in [-0.1, -0.05) is 37.3 Å². The average molecular weight is 374 g/mol. The van der Waals surface area contributed by atoms with Gasteiger partial charge in [-0.05, 0) is 36.8 Å². The van der Waals surface area contributed by atoms with Crippen LogP contribution in [0.15, 0.2) is 73.1 Å². The number of Topliss-reactive ketones (excluding diaryl/α,β-unsaturated/α-hetero) is 1. The fourth-order valence-corrected chi connectivity index (χ4v) is 3.80. The Balaban J connectivity index is 1.66. The van der Waals surface area contributed by atoms with Crippen LogP contribution in [0.4, 0.5) is 5.69 Å². The minimum atomic E-state index is -1.83. The SMILES string of the molecule is CCCN1C(=O)[C@](O)(CC(=O)c2cccc(-n3cccc3)c2)c2ccccc21. The minimum absolute atomic E-state index is 0.266. The summed E-state index contributed by atoms with van der Waals surface area (Å²) in [5.41, 5.74) is 0.688. The quantitative estimate of drug-likeness (QED) is 0.669. The Bertz CT molecular complexity index is 1030. The minimum Gasteiger partial charge on any atom is -0.375 e. The van der Waals surface area contributed by atoms with Crippen LogP contribution in [0.2, 0.25) is 0 Å². The number of anilines is 1. The van der Waals surface area contributed by atoms with Gasteiger partial charge in [0.1, 0.15) is 0 Å². The summed E-state index contributed by atoms with van der Waals surface area (Å²) in [5, 5.41) is 11.3. The number of hydrogen-bond donors (Lipinski definition) is 1. The lowest BCUT2D eigenvalue weighted by molar-refractivity contribution is -0.135. The standard InChI is InChI=1S/C23H22N2O3/c1-2-12-25-20-11-4-3-10-19(20)23(28,22(25)27)16-21(26)17-8-7-9-18(15-17)24-13-5-6-14-24/h3-11,13-15,28H,2,12,16H2,1H3/t23-/m0/s1. The molecule has 28 heavy (non-hydrogen) atoms. The number of carbonyl (C=O) groups is 2. The van der Waals surface area contributed by atoms with E-state index in [0.717, 1.165) is 12.1 Å². The van der Waals surface area contributed by atoms with Gasteiger partial charge in [-0.3, -0.25) is 9.59 Å². The molecule has 0 saturated heterocycles. The summed E-state index contributed by atoms with van der Waals surface area (Å²) in [4.78, 5) is 27.6. The molecule has 2 aromatic carbocycles. The van der Waals surface area contributed by atoms with Crippen molar-refractivity contribution in [1.82, 2.24) is 4.57 Å². The summed E-state index contributed by atoms with van der Waals surface area (Å²) in [5.74, 6) is -0.691. The Morgan fingerprint density at radius 1 is 1.04 bits per heavy atom. The van der Waals surface area contributed by atoms with Crippen molar-refractivity contribution >= 4 is 17.4 Å². The van der Waals surface area contributed by atoms with Gasteiger partial charge < -0.3 is 14.6 Å². The van der Waals surface area contributed by atoms with Crippen molar-refractivity contribution in [2.24, 2.45) is 0 Å². The molecule has 5 heteroatoms. The first-order chi connectivity index (χ1) is 13.5. The molecule has 0 fully saturated rings. The van der Waals surface area contributed by atoms with E-state index in [9.17, 15) is 14.7 Å². The van der Waals surface area contributed by atoms with Gasteiger partial charge in [-0.2, -0.15) is 0 Å². The van der Waals surface area contributed by atoms with Crippen LogP contribution in [0, 0.1) is 0 Å². The summed E-state index contributed by atoms with van der Waals surface area (Å²) in [6.07, 6.45) is 4.29. The molecule has 142 valence electrons. The molecule has 0 spiro atoms. The fourth-order valence-electron chi connectivity index (χ4n) is 3.80. The molecule has 1 atom stereocenters. The van der Waals surface area contributed by atoms with Crippen molar-refractivity contribution in [3.8, 4) is 5.69 Å². The van der Waals surface area contributed by atoms with Crippen molar-refractivity contribution in [3.05, 3.63) is 84.2 Å². The summed E-state index contributed by atoms with van der Waals surface area (Å²) < 4.78 is 1.91. The largest absolute Gasteiger partial charge is 0.375 e. The number of para-hydroxylation sites is 1. The third-order valence-corrected chi connectivity index (χ3v) is 5.17. The number of aromatic nitrogens is 1. The first kappa shape index (κ1) is 18.2. The molecule has 0 bridgehead atoms. The lowest BCUT2D eigenvalue weighted by Gasteiger charge is -2.22. The molecule has 1 aliphatic rings. The van der Waals surface area contributed by atoms with Gasteiger partial charge in [0.05, 0.1) is 12.1 Å². The van der Waals surface area contributed by atoms with E-state index in [4.69, 9.17) is 0 Å². The van der Waals surface area contributed by atoms with Gasteiger partial charge in [0.25, 0.3) is 5.91 Å². The van der Waals surface area contributed by atoms with Gasteiger partial charge >= 0.3 is 0 Å². The van der Waals surface area contributed by atoms with Gasteiger partial charge in [-0.25, -0.2) is 0 Å². The zero-order chi connectivity index (χ0) is 19.7. The first-order valence-corrected chi connectivity index (χ1v) is 9.45. The number of rotatable bonds is 6. The van der Waals surface area contributed by atoms with Crippen molar-refractivity contribution in [1.29, 1.82) is 0 Å². The van der Waals surface area contributed by atoms with Gasteiger partial charge in [-0.15, -0.1) is 0 Å². The summed E-state index contributed by atoms with van der Waals surface area (Å²) >= 11 is 0. The maximum absolute atomic E-state index is 13.0. The molecule has 1 aromatic heterocycles. The molecule has 0 radical (unpaired) electrons. The Kier molecular flexibility index (Phi) is 4.61. The van der Waals surface area contributed by atoms with Crippen molar-refractivity contribution in [2.45, 2.75) is 25.4 Å². The number of benzene rings is 2. The summed E-state index contributed by atoms with van der Waals surface area (Å²) in [6, 6.07) is 18.2. The van der Waals surface area contributed by atoms with Crippen LogP contribution in [0.5, 0.6) is 0 Å². The number of aliphatic hydroxyl groups is 1. The average Bonchev–Trinajstić information content (AvgIpc) is 3.32. The lowest BCUT2D eigenvalue weighted by Crippen LogP contribution is -2.42. The smallest absolute Gasteiger partial charge is 0.264 e. The second kappa shape index (κ2) is 7.09. The highest BCUT2D eigenvalue weighted by molar-refractivity contribution is 6.10. The molecular weight excluding hydrogens is 352 g/mol. The van der Waals surface area contributed by atoms with E-state index in [1.807, 2.05) is 54.2 Å². The molecule has 5 nitrogen and oxygen atoms in total. The molecule has 1 aliphatic heterocycles. The van der Waals surface area contributed by atoms with Gasteiger partial charge in [0, 0.05) is 35.8 Å². The van der Waals surface area contributed by atoms with E-state index < -0.39 is 11.5 Å². The van der Waals surface area contributed by atoms with Crippen molar-refractivity contribution in [2.75, 3.05) is 11.4 Å². The second-order valence-corrected chi connectivity index (χ2v) is 7.07. The zero-order valence-electron chi connectivity index (χ0n) is 15.7. The number of hydrogen-bond acceptors (Lipinski definition) is 3. The maximum atomic E-state index is 13.0. The Hall–Kier alpha value is -3.18. The lowest BCUT2D eigenvalue weighted by atomic mass is 9.88. The van der Waals surface area contributed by atoms with Crippen LogP contribution in [0.3, 0.4) is 0 Å². The van der Waals surface area contributed by atoms with Crippen LogP contribution < -0.4 is 4.90 Å². The highest BCUT2D eigenvalue weighted by Gasteiger charge is 2.50. The molecule has 0 unspecified atom stereocenters. The Morgan fingerprint density at radius 2 is 1.79 bits per heavy atom. The van der Waals surface area contributed by atoms with E-state index in [-0.39, 0.29) is 12.2 Å². The highest BCUT2D eigenvalue weighted by atomic mass is 16.3. The van der Waals surface area contributed by atoms with Gasteiger partial charge in [0.15, 0.2) is 11.4 Å². The molecule has 3 aromatic rings. The molecule has 1 amide bonds. The number of amides is 1. The number of fused-ring (bicyclic) bond motifs is 1. The number of ketones is 1. The molecule has 1 N–H and O–H groups in total. The number of carbonyl (C=O) groups excluding carboxylic acids is 2. The van der Waals surface area contributed by atoms with Crippen LogP contribution >= 0.6 is 0 Å². The van der Waals surface area contributed by atoms with E-state index in [1.165, 1.54) is 0 Å². The maximum Gasteiger partial charge on any atom is 0.264 e. The van der Waals surface area contributed by atoms with E-state index in [2.05, 4.69) is 0 Å².